The number of carbonyl (C=O) groups is 1. The topological polar surface area (TPSA) is 29.1 Å². The summed E-state index contributed by atoms with van der Waals surface area (Å²) in [6, 6.07) is -1.85. The Morgan fingerprint density at radius 2 is 2.33 bits per heavy atom. The zero-order valence-electron chi connectivity index (χ0n) is 5.78. The van der Waals surface area contributed by atoms with Gasteiger partial charge in [-0.1, -0.05) is 13.3 Å². The first-order valence-electron chi connectivity index (χ1n) is 3.09. The molecule has 0 aliphatic rings. The highest BCUT2D eigenvalue weighted by Gasteiger charge is 2.12. The number of nitrogens with one attached hydrogen (secondary N) is 1. The molecule has 0 bridgehead atoms. The second-order valence-electron chi connectivity index (χ2n) is 1.93. The van der Waals surface area contributed by atoms with E-state index in [9.17, 15) is 9.18 Å². The van der Waals surface area contributed by atoms with Crippen LogP contribution < -0.4 is 5.32 Å². The van der Waals surface area contributed by atoms with Crippen LogP contribution in [0.15, 0.2) is 0 Å². The fraction of sp³-hybridized carbons (Fsp3) is 0.833. The highest BCUT2D eigenvalue weighted by Crippen LogP contribution is 1.97. The molecule has 0 spiro atoms. The third kappa shape index (κ3) is 3.19. The van der Waals surface area contributed by atoms with E-state index in [1.807, 2.05) is 6.92 Å². The standard InChI is InChI=1S/C6H12FNO/c1-3-4-5(8-2)6(7)9/h5,8H,3-4H2,1-2H3/t5-/m0/s1. The summed E-state index contributed by atoms with van der Waals surface area (Å²) >= 11 is 0. The van der Waals surface area contributed by atoms with Crippen LogP contribution in [0.4, 0.5) is 4.39 Å². The van der Waals surface area contributed by atoms with Crippen LogP contribution in [0.5, 0.6) is 0 Å². The summed E-state index contributed by atoms with van der Waals surface area (Å²) in [6.07, 6.45) is 1.40. The van der Waals surface area contributed by atoms with Gasteiger partial charge in [0.25, 0.3) is 0 Å². The predicted octanol–water partition coefficient (Wildman–Crippen LogP) is 0.871. The fourth-order valence-corrected chi connectivity index (χ4v) is 0.660. The maximum absolute atomic E-state index is 11.9. The normalized spacial score (nSPS) is 13.2. The lowest BCUT2D eigenvalue weighted by Gasteiger charge is -2.06. The van der Waals surface area contributed by atoms with Gasteiger partial charge >= 0.3 is 6.04 Å². The molecule has 0 unspecified atom stereocenters. The lowest BCUT2D eigenvalue weighted by atomic mass is 10.2. The SMILES string of the molecule is CCC[C@H](NC)C(=O)F. The van der Waals surface area contributed by atoms with Crippen LogP contribution in [-0.2, 0) is 4.79 Å². The number of likely N-dealkylation sites (N-methyl/N-ethyl adjacent to an activating group) is 1. The zero-order valence-corrected chi connectivity index (χ0v) is 5.78. The first-order chi connectivity index (χ1) is 4.22. The summed E-state index contributed by atoms with van der Waals surface area (Å²) in [5, 5.41) is 2.58. The minimum absolute atomic E-state index is 0.575. The molecule has 0 radical (unpaired) electrons. The van der Waals surface area contributed by atoms with Crippen LogP contribution in [-0.4, -0.2) is 19.1 Å². The van der Waals surface area contributed by atoms with Crippen molar-refractivity contribution < 1.29 is 9.18 Å². The fourth-order valence-electron chi connectivity index (χ4n) is 0.660. The highest BCUT2D eigenvalue weighted by atomic mass is 19.1. The van der Waals surface area contributed by atoms with E-state index in [4.69, 9.17) is 0 Å². The van der Waals surface area contributed by atoms with Gasteiger partial charge < -0.3 is 5.32 Å². The van der Waals surface area contributed by atoms with E-state index in [1.165, 1.54) is 0 Å². The Balaban J connectivity index is 3.54. The zero-order chi connectivity index (χ0) is 7.28. The van der Waals surface area contributed by atoms with Crippen molar-refractivity contribution in [3.8, 4) is 0 Å². The molecule has 0 aromatic carbocycles. The summed E-state index contributed by atoms with van der Waals surface area (Å²) in [7, 11) is 1.58. The van der Waals surface area contributed by atoms with Gasteiger partial charge in [-0.25, -0.2) is 0 Å². The number of carbonyl (C=O) groups excluding carboxylic acids is 1. The summed E-state index contributed by atoms with van der Waals surface area (Å²) in [4.78, 5) is 10.0. The molecule has 0 saturated heterocycles. The molecule has 0 aliphatic heterocycles. The van der Waals surface area contributed by atoms with Crippen LogP contribution >= 0.6 is 0 Å². The van der Waals surface area contributed by atoms with Crippen molar-refractivity contribution in [3.63, 3.8) is 0 Å². The number of hydrogen-bond donors (Lipinski definition) is 1. The second-order valence-corrected chi connectivity index (χ2v) is 1.93. The van der Waals surface area contributed by atoms with E-state index in [-0.39, 0.29) is 0 Å². The molecule has 1 N–H and O–H groups in total. The molecule has 0 rings (SSSR count). The molecule has 2 nitrogen and oxygen atoms in total. The Morgan fingerprint density at radius 3 is 2.44 bits per heavy atom. The Bertz CT molecular complexity index is 95.1. The van der Waals surface area contributed by atoms with Crippen molar-refractivity contribution in [2.75, 3.05) is 7.05 Å². The smallest absolute Gasteiger partial charge is 0.308 e. The molecular weight excluding hydrogens is 121 g/mol. The highest BCUT2D eigenvalue weighted by molar-refractivity contribution is 5.74. The van der Waals surface area contributed by atoms with Gasteiger partial charge in [-0.2, -0.15) is 4.39 Å². The van der Waals surface area contributed by atoms with E-state index < -0.39 is 12.1 Å². The van der Waals surface area contributed by atoms with E-state index in [2.05, 4.69) is 5.32 Å². The minimum atomic E-state index is -1.26. The number of hydrogen-bond acceptors (Lipinski definition) is 2. The Morgan fingerprint density at radius 1 is 1.78 bits per heavy atom. The maximum atomic E-state index is 11.9. The van der Waals surface area contributed by atoms with Gasteiger partial charge in [0, 0.05) is 0 Å². The lowest BCUT2D eigenvalue weighted by molar-refractivity contribution is -0.131. The van der Waals surface area contributed by atoms with E-state index in [0.717, 1.165) is 6.42 Å². The molecule has 0 fully saturated rings. The second kappa shape index (κ2) is 4.44. The molecule has 0 amide bonds. The molecule has 0 aromatic rings. The van der Waals surface area contributed by atoms with Crippen LogP contribution in [0.3, 0.4) is 0 Å². The van der Waals surface area contributed by atoms with Gasteiger partial charge in [0.05, 0.1) is 6.04 Å². The van der Waals surface area contributed by atoms with E-state index in [0.29, 0.717) is 6.42 Å². The van der Waals surface area contributed by atoms with Crippen molar-refractivity contribution in [2.45, 2.75) is 25.8 Å². The van der Waals surface area contributed by atoms with Gasteiger partial charge in [0.15, 0.2) is 0 Å². The Kier molecular flexibility index (Phi) is 4.22. The maximum Gasteiger partial charge on any atom is 0.318 e. The Hall–Kier alpha value is -0.440. The molecule has 1 atom stereocenters. The van der Waals surface area contributed by atoms with Crippen molar-refractivity contribution in [1.29, 1.82) is 0 Å². The molecule has 0 heterocycles. The van der Waals surface area contributed by atoms with Crippen molar-refractivity contribution >= 4 is 6.04 Å². The largest absolute Gasteiger partial charge is 0.318 e. The number of halogens is 1. The molecular formula is C6H12FNO. The monoisotopic (exact) mass is 133 g/mol. The lowest BCUT2D eigenvalue weighted by Crippen LogP contribution is -2.31. The van der Waals surface area contributed by atoms with Gasteiger partial charge in [0.1, 0.15) is 0 Å². The van der Waals surface area contributed by atoms with Crippen LogP contribution in [0.1, 0.15) is 19.8 Å². The predicted molar refractivity (Wildman–Crippen MR) is 33.9 cm³/mol. The first kappa shape index (κ1) is 8.56. The Labute approximate surface area is 54.4 Å². The molecule has 0 saturated carbocycles. The van der Waals surface area contributed by atoms with Crippen LogP contribution in [0.2, 0.25) is 0 Å². The summed E-state index contributed by atoms with van der Waals surface area (Å²) < 4.78 is 11.9. The van der Waals surface area contributed by atoms with Gasteiger partial charge in [0.2, 0.25) is 0 Å². The minimum Gasteiger partial charge on any atom is -0.308 e. The van der Waals surface area contributed by atoms with Crippen molar-refractivity contribution in [3.05, 3.63) is 0 Å². The number of rotatable bonds is 4. The summed E-state index contributed by atoms with van der Waals surface area (Å²) in [6.45, 7) is 1.91. The van der Waals surface area contributed by atoms with Crippen molar-refractivity contribution in [1.82, 2.24) is 5.32 Å². The third-order valence-electron chi connectivity index (χ3n) is 1.20. The van der Waals surface area contributed by atoms with Crippen LogP contribution in [0, 0.1) is 0 Å². The third-order valence-corrected chi connectivity index (χ3v) is 1.20. The van der Waals surface area contributed by atoms with Gasteiger partial charge in [-0.3, -0.25) is 4.79 Å². The average Bonchev–Trinajstić information content (AvgIpc) is 1.82. The summed E-state index contributed by atoms with van der Waals surface area (Å²) in [5.74, 6) is 0. The average molecular weight is 133 g/mol. The van der Waals surface area contributed by atoms with Gasteiger partial charge in [-0.05, 0) is 13.5 Å². The molecule has 0 aromatic heterocycles. The van der Waals surface area contributed by atoms with E-state index >= 15 is 0 Å². The van der Waals surface area contributed by atoms with Crippen molar-refractivity contribution in [2.24, 2.45) is 0 Å². The van der Waals surface area contributed by atoms with Crippen LogP contribution in [0.25, 0.3) is 0 Å². The molecule has 9 heavy (non-hydrogen) atoms. The quantitative estimate of drug-likeness (QED) is 0.576. The molecule has 0 aliphatic carbocycles. The first-order valence-corrected chi connectivity index (χ1v) is 3.09. The summed E-state index contributed by atoms with van der Waals surface area (Å²) in [5.41, 5.74) is 0. The van der Waals surface area contributed by atoms with E-state index in [1.54, 1.807) is 7.05 Å². The van der Waals surface area contributed by atoms with Gasteiger partial charge in [-0.15, -0.1) is 0 Å². The molecule has 3 heteroatoms. The molecule has 54 valence electrons.